The van der Waals surface area contributed by atoms with Crippen LogP contribution in [-0.2, 0) is 18.0 Å². The van der Waals surface area contributed by atoms with Crippen LogP contribution in [0.4, 0.5) is 0 Å². The van der Waals surface area contributed by atoms with Gasteiger partial charge in [0.25, 0.3) is 0 Å². The maximum atomic E-state index is 5.73. The van der Waals surface area contributed by atoms with Crippen molar-refractivity contribution >= 4 is 12.2 Å². The molecule has 28 heavy (non-hydrogen) atoms. The summed E-state index contributed by atoms with van der Waals surface area (Å²) in [6.45, 7) is 11.1. The highest BCUT2D eigenvalue weighted by Crippen LogP contribution is 2.20. The molecule has 0 radical (unpaired) electrons. The third-order valence-corrected chi connectivity index (χ3v) is 6.38. The summed E-state index contributed by atoms with van der Waals surface area (Å²) in [7, 11) is 0. The number of nitrogens with zero attached hydrogens (tertiary/aromatic N) is 5. The van der Waals surface area contributed by atoms with Crippen LogP contribution in [0.5, 0.6) is 0 Å². The summed E-state index contributed by atoms with van der Waals surface area (Å²) in [5.41, 5.74) is 1.25. The third-order valence-electron chi connectivity index (χ3n) is 5.95. The molecule has 4 rings (SSSR count). The first-order valence-corrected chi connectivity index (χ1v) is 10.8. The van der Waals surface area contributed by atoms with Crippen LogP contribution in [0, 0.1) is 17.6 Å². The topological polar surface area (TPSA) is 38.5 Å². The van der Waals surface area contributed by atoms with Crippen molar-refractivity contribution in [2.45, 2.75) is 33.0 Å². The highest BCUT2D eigenvalue weighted by molar-refractivity contribution is 7.71. The first-order valence-electron chi connectivity index (χ1n) is 10.4. The van der Waals surface area contributed by atoms with Gasteiger partial charge in [-0.25, -0.2) is 4.68 Å². The first-order chi connectivity index (χ1) is 13.7. The van der Waals surface area contributed by atoms with Crippen LogP contribution in [0.2, 0.25) is 0 Å². The van der Waals surface area contributed by atoms with Gasteiger partial charge in [-0.3, -0.25) is 14.4 Å². The van der Waals surface area contributed by atoms with Gasteiger partial charge >= 0.3 is 0 Å². The number of ether oxygens (including phenoxy) is 1. The molecular formula is C21H31N5OS. The number of morpholine rings is 1. The molecule has 0 atom stereocenters. The van der Waals surface area contributed by atoms with E-state index in [-0.39, 0.29) is 0 Å². The second-order valence-corrected chi connectivity index (χ2v) is 8.38. The van der Waals surface area contributed by atoms with E-state index in [9.17, 15) is 0 Å². The van der Waals surface area contributed by atoms with Gasteiger partial charge < -0.3 is 4.74 Å². The zero-order chi connectivity index (χ0) is 19.3. The lowest BCUT2D eigenvalue weighted by Crippen LogP contribution is -2.43. The molecule has 3 heterocycles. The fourth-order valence-electron chi connectivity index (χ4n) is 4.24. The van der Waals surface area contributed by atoms with Crippen molar-refractivity contribution in [1.82, 2.24) is 24.1 Å². The Morgan fingerprint density at radius 3 is 2.46 bits per heavy atom. The van der Waals surface area contributed by atoms with Gasteiger partial charge in [-0.15, -0.1) is 0 Å². The molecule has 152 valence electrons. The van der Waals surface area contributed by atoms with Gasteiger partial charge in [0.05, 0.1) is 26.4 Å². The molecule has 2 saturated heterocycles. The summed E-state index contributed by atoms with van der Waals surface area (Å²) in [6.07, 6.45) is 2.52. The maximum absolute atomic E-state index is 5.73. The number of aromatic nitrogens is 3. The second kappa shape index (κ2) is 9.31. The summed E-state index contributed by atoms with van der Waals surface area (Å²) in [4.78, 5) is 5.06. The van der Waals surface area contributed by atoms with E-state index in [1.54, 1.807) is 0 Å². The number of piperidine rings is 1. The number of rotatable bonds is 6. The van der Waals surface area contributed by atoms with Crippen LogP contribution in [0.15, 0.2) is 30.3 Å². The average molecular weight is 402 g/mol. The normalized spacial score (nSPS) is 19.9. The summed E-state index contributed by atoms with van der Waals surface area (Å²) >= 11 is 5.73. The van der Waals surface area contributed by atoms with Crippen LogP contribution in [0.25, 0.3) is 0 Å². The predicted molar refractivity (Wildman–Crippen MR) is 113 cm³/mol. The van der Waals surface area contributed by atoms with Crippen molar-refractivity contribution in [3.63, 3.8) is 0 Å². The molecule has 6 nitrogen and oxygen atoms in total. The predicted octanol–water partition coefficient (Wildman–Crippen LogP) is 2.77. The quantitative estimate of drug-likeness (QED) is 0.696. The van der Waals surface area contributed by atoms with Crippen LogP contribution in [-0.4, -0.2) is 70.1 Å². The third kappa shape index (κ3) is 4.89. The van der Waals surface area contributed by atoms with Crippen molar-refractivity contribution < 1.29 is 4.74 Å². The fourth-order valence-corrected chi connectivity index (χ4v) is 4.53. The average Bonchev–Trinajstić information content (AvgIpc) is 2.98. The zero-order valence-corrected chi connectivity index (χ0v) is 17.6. The zero-order valence-electron chi connectivity index (χ0n) is 16.8. The Bertz CT molecular complexity index is 804. The Kier molecular flexibility index (Phi) is 6.57. The fraction of sp³-hybridized carbons (Fsp3) is 0.619. The minimum Gasteiger partial charge on any atom is -0.379 e. The molecule has 0 saturated carbocycles. The Balaban J connectivity index is 1.31. The van der Waals surface area contributed by atoms with Gasteiger partial charge in [0.1, 0.15) is 5.82 Å². The van der Waals surface area contributed by atoms with Crippen molar-refractivity contribution in [3.8, 4) is 0 Å². The SMILES string of the molecule is Cc1nn(CN2CCC(CN3CCOCC3)CC2)c(=S)n1Cc1ccccc1. The molecule has 0 unspecified atom stereocenters. The lowest BCUT2D eigenvalue weighted by molar-refractivity contribution is 0.0228. The van der Waals surface area contributed by atoms with E-state index in [1.807, 2.05) is 17.7 Å². The van der Waals surface area contributed by atoms with Crippen molar-refractivity contribution in [1.29, 1.82) is 0 Å². The van der Waals surface area contributed by atoms with E-state index in [4.69, 9.17) is 22.1 Å². The van der Waals surface area contributed by atoms with Gasteiger partial charge in [-0.2, -0.15) is 5.10 Å². The molecule has 2 fully saturated rings. The minimum absolute atomic E-state index is 0.785. The van der Waals surface area contributed by atoms with Crippen LogP contribution in [0.1, 0.15) is 24.2 Å². The molecule has 7 heteroatoms. The van der Waals surface area contributed by atoms with E-state index in [0.717, 1.165) is 69.1 Å². The Hall–Kier alpha value is -1.54. The number of benzene rings is 1. The molecule has 1 aromatic carbocycles. The Morgan fingerprint density at radius 1 is 1.04 bits per heavy atom. The van der Waals surface area contributed by atoms with Crippen molar-refractivity contribution in [2.75, 3.05) is 45.9 Å². The molecule has 2 aliphatic rings. The van der Waals surface area contributed by atoms with Crippen LogP contribution >= 0.6 is 12.2 Å². The monoisotopic (exact) mass is 401 g/mol. The summed E-state index contributed by atoms with van der Waals surface area (Å²) < 4.78 is 10.4. The summed E-state index contributed by atoms with van der Waals surface area (Å²) in [5, 5.41) is 4.72. The molecule has 2 aromatic rings. The maximum Gasteiger partial charge on any atom is 0.199 e. The van der Waals surface area contributed by atoms with E-state index < -0.39 is 0 Å². The van der Waals surface area contributed by atoms with E-state index in [2.05, 4.69) is 38.6 Å². The number of aryl methyl sites for hydroxylation is 1. The van der Waals surface area contributed by atoms with E-state index >= 15 is 0 Å². The molecular weight excluding hydrogens is 370 g/mol. The van der Waals surface area contributed by atoms with E-state index in [0.29, 0.717) is 0 Å². The number of hydrogen-bond donors (Lipinski definition) is 0. The molecule has 1 aromatic heterocycles. The molecule has 2 aliphatic heterocycles. The summed E-state index contributed by atoms with van der Waals surface area (Å²) in [5.74, 6) is 1.79. The van der Waals surface area contributed by atoms with Gasteiger partial charge in [0.15, 0.2) is 4.77 Å². The molecule has 0 N–H and O–H groups in total. The lowest BCUT2D eigenvalue weighted by Gasteiger charge is -2.35. The molecule has 0 aliphatic carbocycles. The Labute approximate surface area is 172 Å². The lowest BCUT2D eigenvalue weighted by atomic mass is 9.96. The first kappa shape index (κ1) is 19.8. The highest BCUT2D eigenvalue weighted by Gasteiger charge is 2.23. The number of likely N-dealkylation sites (tertiary alicyclic amines) is 1. The van der Waals surface area contributed by atoms with Crippen molar-refractivity contribution in [3.05, 3.63) is 46.5 Å². The number of hydrogen-bond acceptors (Lipinski definition) is 5. The Morgan fingerprint density at radius 2 is 1.75 bits per heavy atom. The second-order valence-electron chi connectivity index (χ2n) is 8.02. The molecule has 0 bridgehead atoms. The van der Waals surface area contributed by atoms with Gasteiger partial charge in [0.2, 0.25) is 0 Å². The molecule has 0 spiro atoms. The smallest absolute Gasteiger partial charge is 0.199 e. The van der Waals surface area contributed by atoms with Crippen molar-refractivity contribution in [2.24, 2.45) is 5.92 Å². The molecule has 0 amide bonds. The minimum atomic E-state index is 0.785. The van der Waals surface area contributed by atoms with Gasteiger partial charge in [0, 0.05) is 32.7 Å². The highest BCUT2D eigenvalue weighted by atomic mass is 32.1. The van der Waals surface area contributed by atoms with Crippen LogP contribution in [0.3, 0.4) is 0 Å². The van der Waals surface area contributed by atoms with Crippen LogP contribution < -0.4 is 0 Å². The summed E-state index contributed by atoms with van der Waals surface area (Å²) in [6, 6.07) is 10.5. The van der Waals surface area contributed by atoms with Gasteiger partial charge in [-0.05, 0) is 43.5 Å². The van der Waals surface area contributed by atoms with E-state index in [1.165, 1.54) is 24.9 Å². The van der Waals surface area contributed by atoms with Gasteiger partial charge in [-0.1, -0.05) is 30.3 Å². The standard InChI is InChI=1S/C21H31N5OS/c1-18-22-26(21(28)25(18)16-19-5-3-2-4-6-19)17-24-9-7-20(8-10-24)15-23-11-13-27-14-12-23/h2-6,20H,7-17H2,1H3. The largest absolute Gasteiger partial charge is 0.379 e.